The Bertz CT molecular complexity index is 823. The third-order valence-electron chi connectivity index (χ3n) is 3.66. The third-order valence-corrected chi connectivity index (χ3v) is 3.66. The zero-order valence-electron chi connectivity index (χ0n) is 15.1. The molecule has 2 heterocycles. The van der Waals surface area contributed by atoms with Crippen molar-refractivity contribution in [3.63, 3.8) is 0 Å². The molecule has 6 nitrogen and oxygen atoms in total. The van der Waals surface area contributed by atoms with Gasteiger partial charge >= 0.3 is 5.97 Å². The number of nitrogens with zero attached hydrogens (tertiary/aromatic N) is 3. The molecule has 6 heteroatoms. The number of rotatable bonds is 3. The van der Waals surface area contributed by atoms with Crippen LogP contribution in [0.4, 0.5) is 0 Å². The lowest BCUT2D eigenvalue weighted by Gasteiger charge is -2.01. The number of nitriles is 1. The summed E-state index contributed by atoms with van der Waals surface area (Å²) in [7, 11) is 1.36. The summed E-state index contributed by atoms with van der Waals surface area (Å²) in [6, 6.07) is 5.36. The highest BCUT2D eigenvalue weighted by molar-refractivity contribution is 5.97. The van der Waals surface area contributed by atoms with Gasteiger partial charge in [-0.15, -0.1) is 0 Å². The molecule has 0 atom stereocenters. The van der Waals surface area contributed by atoms with E-state index in [1.807, 2.05) is 33.8 Å². The van der Waals surface area contributed by atoms with E-state index in [-0.39, 0.29) is 18.2 Å². The molecule has 0 radical (unpaired) electrons. The Hall–Kier alpha value is -3.07. The molecular weight excluding hydrogens is 318 g/mol. The molecule has 2 rings (SSSR count). The summed E-state index contributed by atoms with van der Waals surface area (Å²) in [5.41, 5.74) is 4.84. The molecule has 0 bridgehead atoms. The van der Waals surface area contributed by atoms with Crippen LogP contribution in [-0.4, -0.2) is 28.8 Å². The van der Waals surface area contributed by atoms with Crippen LogP contribution in [0.1, 0.15) is 49.7 Å². The van der Waals surface area contributed by atoms with E-state index in [4.69, 9.17) is 5.26 Å². The number of methoxy groups -OCH3 is 1. The van der Waals surface area contributed by atoms with Crippen molar-refractivity contribution < 1.29 is 14.3 Å². The van der Waals surface area contributed by atoms with Gasteiger partial charge in [-0.3, -0.25) is 14.8 Å². The fourth-order valence-corrected chi connectivity index (χ4v) is 1.84. The van der Waals surface area contributed by atoms with Gasteiger partial charge in [0.25, 0.3) is 0 Å². The number of esters is 1. The number of aryl methyl sites for hydroxylation is 4. The molecule has 0 aliphatic carbocycles. The quantitative estimate of drug-likeness (QED) is 0.629. The van der Waals surface area contributed by atoms with E-state index in [0.717, 1.165) is 22.5 Å². The summed E-state index contributed by atoms with van der Waals surface area (Å²) in [4.78, 5) is 30.4. The van der Waals surface area contributed by atoms with Gasteiger partial charge in [-0.05, 0) is 51.0 Å². The number of carbonyl (C=O) groups excluding carboxylic acids is 2. The second kappa shape index (κ2) is 9.28. The van der Waals surface area contributed by atoms with Gasteiger partial charge < -0.3 is 4.74 Å². The van der Waals surface area contributed by atoms with Crippen LogP contribution >= 0.6 is 0 Å². The second-order valence-corrected chi connectivity index (χ2v) is 5.50. The Morgan fingerprint density at radius 2 is 1.48 bits per heavy atom. The van der Waals surface area contributed by atoms with Crippen molar-refractivity contribution in [1.82, 2.24) is 9.97 Å². The van der Waals surface area contributed by atoms with E-state index in [1.54, 1.807) is 12.1 Å². The molecule has 2 aromatic heterocycles. The third kappa shape index (κ3) is 5.81. The fourth-order valence-electron chi connectivity index (χ4n) is 1.84. The maximum absolute atomic E-state index is 11.2. The normalized spacial score (nSPS) is 9.44. The van der Waals surface area contributed by atoms with Crippen LogP contribution in [0.15, 0.2) is 24.5 Å². The first-order valence-electron chi connectivity index (χ1n) is 7.65. The molecule has 0 aromatic carbocycles. The zero-order chi connectivity index (χ0) is 19.0. The van der Waals surface area contributed by atoms with Gasteiger partial charge in [0.15, 0.2) is 5.78 Å². The van der Waals surface area contributed by atoms with Gasteiger partial charge in [-0.1, -0.05) is 0 Å². The predicted octanol–water partition coefficient (Wildman–Crippen LogP) is 3.28. The first-order chi connectivity index (χ1) is 11.8. The minimum absolute atomic E-state index is 0.0792. The van der Waals surface area contributed by atoms with Crippen LogP contribution in [0.5, 0.6) is 0 Å². The number of hydrogen-bond donors (Lipinski definition) is 0. The molecule has 130 valence electrons. The molecule has 0 spiro atoms. The molecule has 0 aliphatic heterocycles. The summed E-state index contributed by atoms with van der Waals surface area (Å²) in [6.45, 7) is 7.59. The minimum Gasteiger partial charge on any atom is -0.465 e. The largest absolute Gasteiger partial charge is 0.465 e. The number of aromatic nitrogens is 2. The highest BCUT2D eigenvalue weighted by Crippen LogP contribution is 2.08. The Labute approximate surface area is 147 Å². The van der Waals surface area contributed by atoms with E-state index in [9.17, 15) is 9.59 Å². The van der Waals surface area contributed by atoms with Gasteiger partial charge in [0, 0.05) is 29.3 Å². The maximum atomic E-state index is 11.2. The first-order valence-corrected chi connectivity index (χ1v) is 7.65. The van der Waals surface area contributed by atoms with E-state index in [1.165, 1.54) is 19.5 Å². The molecule has 2 aromatic rings. The smallest absolute Gasteiger partial charge is 0.339 e. The molecule has 0 fully saturated rings. The lowest BCUT2D eigenvalue weighted by molar-refractivity contribution is 0.0600. The lowest BCUT2D eigenvalue weighted by atomic mass is 10.1. The van der Waals surface area contributed by atoms with E-state index in [2.05, 4.69) is 14.7 Å². The number of ketones is 1. The Balaban J connectivity index is 0.000000251. The first kappa shape index (κ1) is 20.0. The van der Waals surface area contributed by atoms with Gasteiger partial charge in [0.2, 0.25) is 0 Å². The average Bonchev–Trinajstić information content (AvgIpc) is 2.59. The highest BCUT2D eigenvalue weighted by atomic mass is 16.5. The van der Waals surface area contributed by atoms with E-state index >= 15 is 0 Å². The highest BCUT2D eigenvalue weighted by Gasteiger charge is 2.07. The van der Waals surface area contributed by atoms with Crippen molar-refractivity contribution in [2.45, 2.75) is 34.1 Å². The lowest BCUT2D eigenvalue weighted by Crippen LogP contribution is -2.03. The van der Waals surface area contributed by atoms with Crippen molar-refractivity contribution in [3.8, 4) is 6.07 Å². The molecular formula is C19H21N3O3. The van der Waals surface area contributed by atoms with Gasteiger partial charge in [0.05, 0.1) is 25.2 Å². The monoisotopic (exact) mass is 339 g/mol. The summed E-state index contributed by atoms with van der Waals surface area (Å²) >= 11 is 0. The molecule has 0 aliphatic rings. The summed E-state index contributed by atoms with van der Waals surface area (Å²) in [5.74, 6) is -0.510. The Morgan fingerprint density at radius 3 is 1.92 bits per heavy atom. The van der Waals surface area contributed by atoms with Crippen molar-refractivity contribution in [2.75, 3.05) is 7.11 Å². The van der Waals surface area contributed by atoms with Crippen molar-refractivity contribution >= 4 is 11.8 Å². The Morgan fingerprint density at radius 1 is 1.00 bits per heavy atom. The Kier molecular flexibility index (Phi) is 7.42. The standard InChI is InChI=1S/C10H10N2O.C9H11NO2/c1-7-5-9(6-12-8(7)2)10(13)3-4-11;1-6-4-8(9(11)12-3)5-10-7(6)2/h5-6H,3H2,1-2H3;4-5H,1-3H3. The molecule has 0 saturated carbocycles. The minimum atomic E-state index is -0.342. The number of ether oxygens (including phenoxy) is 1. The van der Waals surface area contributed by atoms with Gasteiger partial charge in [-0.2, -0.15) is 5.26 Å². The van der Waals surface area contributed by atoms with Crippen LogP contribution in [0.25, 0.3) is 0 Å². The number of hydrogen-bond acceptors (Lipinski definition) is 6. The molecule has 0 amide bonds. The SMILES string of the molecule is COC(=O)c1cnc(C)c(C)c1.Cc1cc(C(=O)CC#N)cnc1C. The predicted molar refractivity (Wildman–Crippen MR) is 93.3 cm³/mol. The van der Waals surface area contributed by atoms with Crippen LogP contribution in [0, 0.1) is 39.0 Å². The van der Waals surface area contributed by atoms with Gasteiger partial charge in [-0.25, -0.2) is 4.79 Å². The average molecular weight is 339 g/mol. The van der Waals surface area contributed by atoms with E-state index < -0.39 is 0 Å². The second-order valence-electron chi connectivity index (χ2n) is 5.50. The summed E-state index contributed by atoms with van der Waals surface area (Å²) < 4.78 is 4.55. The number of pyridine rings is 2. The zero-order valence-corrected chi connectivity index (χ0v) is 15.1. The maximum Gasteiger partial charge on any atom is 0.339 e. The van der Waals surface area contributed by atoms with Crippen LogP contribution < -0.4 is 0 Å². The summed E-state index contributed by atoms with van der Waals surface area (Å²) in [6.07, 6.45) is 2.96. The molecule has 0 N–H and O–H groups in total. The molecule has 0 saturated heterocycles. The topological polar surface area (TPSA) is 92.9 Å². The number of Topliss-reactive ketones (excluding diaryl/α,β-unsaturated/α-hetero) is 1. The van der Waals surface area contributed by atoms with Crippen molar-refractivity contribution in [1.29, 1.82) is 5.26 Å². The molecule has 0 unspecified atom stereocenters. The van der Waals surface area contributed by atoms with Gasteiger partial charge in [0.1, 0.15) is 0 Å². The number of carbonyl (C=O) groups is 2. The summed E-state index contributed by atoms with van der Waals surface area (Å²) in [5, 5.41) is 8.33. The van der Waals surface area contributed by atoms with Crippen molar-refractivity contribution in [2.24, 2.45) is 0 Å². The van der Waals surface area contributed by atoms with E-state index in [0.29, 0.717) is 11.1 Å². The molecule has 25 heavy (non-hydrogen) atoms. The van der Waals surface area contributed by atoms with Crippen LogP contribution in [-0.2, 0) is 4.74 Å². The van der Waals surface area contributed by atoms with Crippen molar-refractivity contribution in [3.05, 3.63) is 58.2 Å². The van der Waals surface area contributed by atoms with Crippen LogP contribution in [0.3, 0.4) is 0 Å². The fraction of sp³-hybridized carbons (Fsp3) is 0.316. The van der Waals surface area contributed by atoms with Crippen LogP contribution in [0.2, 0.25) is 0 Å².